The molecule has 13 atom stereocenters. The van der Waals surface area contributed by atoms with E-state index in [1.54, 1.807) is 60.6 Å². The molecular formula is C64H115N11O13W. The molecule has 0 bridgehead atoms. The van der Waals surface area contributed by atoms with E-state index in [9.17, 15) is 53.4 Å². The van der Waals surface area contributed by atoms with Crippen LogP contribution in [-0.2, 0) is 73.8 Å². The molecule has 0 saturated carbocycles. The van der Waals surface area contributed by atoms with Crippen molar-refractivity contribution in [1.82, 2.24) is 55.6 Å². The van der Waals surface area contributed by atoms with Crippen molar-refractivity contribution in [3.05, 3.63) is 26.5 Å². The van der Waals surface area contributed by atoms with Crippen LogP contribution in [-0.4, -0.2) is 237 Å². The average molecular weight is 1430 g/mol. The molecule has 0 aromatic rings. The summed E-state index contributed by atoms with van der Waals surface area (Å²) in [5, 5.41) is 34.1. The van der Waals surface area contributed by atoms with Gasteiger partial charge >= 0.3 is 21.1 Å². The van der Waals surface area contributed by atoms with Gasteiger partial charge in [-0.25, -0.2) is 0 Å². The molecule has 0 aromatic heterocycles. The number of aliphatic hydroxyl groups is 2. The van der Waals surface area contributed by atoms with Crippen molar-refractivity contribution in [3.63, 3.8) is 0 Å². The Balaban J connectivity index is 0. The summed E-state index contributed by atoms with van der Waals surface area (Å²) in [6.07, 6.45) is 2.27. The fraction of sp³-hybridized carbons (Fsp3) is 0.766. The van der Waals surface area contributed by atoms with Crippen LogP contribution in [0, 0.1) is 49.9 Å². The first-order valence-corrected chi connectivity index (χ1v) is 30.9. The number of carbonyl (C=O) groups excluding carboxylic acids is 11. The van der Waals surface area contributed by atoms with Crippen molar-refractivity contribution in [1.29, 1.82) is 0 Å². The molecule has 1 rings (SSSR count). The molecule has 0 unspecified atom stereocenters. The van der Waals surface area contributed by atoms with E-state index in [-0.39, 0.29) is 84.8 Å². The normalized spacial score (nSPS) is 26.9. The second-order valence-corrected chi connectivity index (χ2v) is 26.7. The molecule has 1 heterocycles. The second kappa shape index (κ2) is 37.8. The van der Waals surface area contributed by atoms with E-state index in [1.807, 2.05) is 41.5 Å². The van der Waals surface area contributed by atoms with Crippen LogP contribution in [0.2, 0.25) is 0 Å². The number of hydrogen-bond acceptors (Lipinski definition) is 13. The van der Waals surface area contributed by atoms with E-state index in [2.05, 4.69) is 28.2 Å². The van der Waals surface area contributed by atoms with Crippen LogP contribution in [0.3, 0.4) is 0 Å². The summed E-state index contributed by atoms with van der Waals surface area (Å²) in [4.78, 5) is 169. The number of nitrogens with one attached hydrogen (secondary N) is 4. The summed E-state index contributed by atoms with van der Waals surface area (Å²) in [5.74, 6) is -10.6. The molecule has 0 spiro atoms. The van der Waals surface area contributed by atoms with Gasteiger partial charge < -0.3 is 80.1 Å². The molecule has 11 amide bonds. The standard InChI is InChI=1S/C63H112N11O13.CH3.W/c1-26-28-29-39(13)51(75)50-55(79)66-43(27-2)58(82)68(19)42(16)57(81)72(23)47(33-63(17,18)87)54(78)67-48(37(9)10)61(85)69(20)44(30-34(3)4)53(77)64-40(14)52(76)65-41(15)56(80)70(21)45(31-35(5)6)59(83)71(22)46(32-36(7)8)60(84)73(24)49(38(11)12)62(86)74(50)25;;/h26,28,34-51,75,87H,16,27,29-33H2,1-15,17-25H3,(H,64,77)(H,65,76)(H,66,79)(H,67,78);1H3;/q2*-1;+2/b28-26+;;/t39-,40+,41-,42-,43+,44+,45+,46+,47+,48+,49+,50+,51-;;/m1../s1. The van der Waals surface area contributed by atoms with Gasteiger partial charge in [0.15, 0.2) is 0 Å². The van der Waals surface area contributed by atoms with E-state index in [4.69, 9.17) is 0 Å². The van der Waals surface area contributed by atoms with E-state index < -0.39 is 161 Å². The SMILES string of the molecule is [CH2-][C@@H]1C(=O)N(C)[C@@H](CC(C)(C)O)C(=O)N[C@@H](C(C)C)C(=O)N(C)[C@@H](CC(C)C)C(=O)N[C@@H](C)C(=O)N[C@H](C)C(=O)N(C)[C@@H](CC(C)C)C(=O)N(C)[C@@H](CC(C)C)C(=O)N(C)[C@@H](C(C)C)C(=O)N(C)[C@@H]([C@H](O)[C@H](C)C/C=C/C)C(=O)N[C@@H](CC)C(=O)N1C.[CH3-].[W+2]. The third-order valence-corrected chi connectivity index (χ3v) is 16.4. The van der Waals surface area contributed by atoms with Gasteiger partial charge in [0, 0.05) is 55.8 Å². The maximum atomic E-state index is 15.2. The zero-order chi connectivity index (χ0) is 67.8. The minimum atomic E-state index is -1.66. The van der Waals surface area contributed by atoms with E-state index in [1.165, 1.54) is 96.6 Å². The topological polar surface area (TPSA) is 299 Å². The number of likely N-dealkylation sites (N-methyl/N-ethyl adjacent to an activating group) is 7. The molecule has 0 aromatic carbocycles. The van der Waals surface area contributed by atoms with Crippen LogP contribution in [0.4, 0.5) is 0 Å². The Kier molecular flexibility index (Phi) is 36.3. The Morgan fingerprint density at radius 3 is 1.36 bits per heavy atom. The van der Waals surface area contributed by atoms with Gasteiger partial charge in [-0.05, 0) is 108 Å². The van der Waals surface area contributed by atoms with Crippen LogP contribution in [0.1, 0.15) is 156 Å². The smallest absolute Gasteiger partial charge is 0.390 e. The van der Waals surface area contributed by atoms with Crippen LogP contribution < -0.4 is 21.3 Å². The van der Waals surface area contributed by atoms with E-state index >= 15 is 9.59 Å². The number of nitrogens with zero attached hydrogens (tertiary/aromatic N) is 7. The zero-order valence-corrected chi connectivity index (χ0v) is 61.4. The molecule has 510 valence electrons. The predicted molar refractivity (Wildman–Crippen MR) is 341 cm³/mol. The van der Waals surface area contributed by atoms with Crippen LogP contribution in [0.15, 0.2) is 12.2 Å². The summed E-state index contributed by atoms with van der Waals surface area (Å²) in [7, 11) is 9.57. The monoisotopic (exact) mass is 1430 g/mol. The first-order chi connectivity index (χ1) is 39.9. The van der Waals surface area contributed by atoms with Gasteiger partial charge in [0.05, 0.1) is 11.7 Å². The van der Waals surface area contributed by atoms with Gasteiger partial charge in [0.1, 0.15) is 60.4 Å². The summed E-state index contributed by atoms with van der Waals surface area (Å²) >= 11 is 0. The summed E-state index contributed by atoms with van der Waals surface area (Å²) < 4.78 is 0. The number of carbonyl (C=O) groups is 11. The molecule has 25 heteroatoms. The molecule has 1 aliphatic heterocycles. The molecule has 0 radical (unpaired) electrons. The molecule has 24 nitrogen and oxygen atoms in total. The van der Waals surface area contributed by atoms with Crippen LogP contribution in [0.25, 0.3) is 0 Å². The number of aliphatic hydroxyl groups excluding tert-OH is 1. The molecule has 0 aliphatic carbocycles. The van der Waals surface area contributed by atoms with E-state index in [0.29, 0.717) is 0 Å². The first kappa shape index (κ1) is 85.6. The molecule has 1 fully saturated rings. The molecule has 6 N–H and O–H groups in total. The Morgan fingerprint density at radius 1 is 0.506 bits per heavy atom. The number of hydrogen-bond donors (Lipinski definition) is 6. The molecular weight excluding hydrogens is 1310 g/mol. The molecule has 1 saturated heterocycles. The molecule has 89 heavy (non-hydrogen) atoms. The Bertz CT molecular complexity index is 2420. The van der Waals surface area contributed by atoms with Crippen molar-refractivity contribution in [2.45, 2.75) is 234 Å². The number of allylic oxidation sites excluding steroid dienone is 2. The van der Waals surface area contributed by atoms with Crippen LogP contribution in [0.5, 0.6) is 0 Å². The number of amides is 11. The van der Waals surface area contributed by atoms with Crippen molar-refractivity contribution in [2.24, 2.45) is 35.5 Å². The van der Waals surface area contributed by atoms with Crippen molar-refractivity contribution >= 4 is 65.0 Å². The fourth-order valence-electron chi connectivity index (χ4n) is 10.8. The Hall–Kier alpha value is -5.48. The quantitative estimate of drug-likeness (QED) is 0.102. The predicted octanol–water partition coefficient (Wildman–Crippen LogP) is 3.03. The van der Waals surface area contributed by atoms with Gasteiger partial charge in [0.2, 0.25) is 65.0 Å². The van der Waals surface area contributed by atoms with E-state index in [0.717, 1.165) is 14.7 Å². The largest absolute Gasteiger partial charge is 2.00 e. The van der Waals surface area contributed by atoms with Gasteiger partial charge in [-0.3, -0.25) is 52.7 Å². The second-order valence-electron chi connectivity index (χ2n) is 26.7. The van der Waals surface area contributed by atoms with Crippen molar-refractivity contribution < 1.29 is 84.0 Å². The van der Waals surface area contributed by atoms with Crippen molar-refractivity contribution in [2.75, 3.05) is 49.3 Å². The summed E-state index contributed by atoms with van der Waals surface area (Å²) in [6, 6.07) is -14.7. The zero-order valence-electron chi connectivity index (χ0n) is 58.4. The van der Waals surface area contributed by atoms with Crippen molar-refractivity contribution in [3.8, 4) is 0 Å². The maximum Gasteiger partial charge on any atom is 2.00 e. The maximum absolute atomic E-state index is 15.2. The molecule has 1 aliphatic rings. The summed E-state index contributed by atoms with van der Waals surface area (Å²) in [5.41, 5.74) is -1.58. The Morgan fingerprint density at radius 2 is 0.921 bits per heavy atom. The van der Waals surface area contributed by atoms with Crippen LogP contribution >= 0.6 is 0 Å². The third kappa shape index (κ3) is 23.9. The fourth-order valence-corrected chi connectivity index (χ4v) is 10.8. The van der Waals surface area contributed by atoms with Gasteiger partial charge in [-0.15, -0.1) is 0 Å². The minimum Gasteiger partial charge on any atom is -0.390 e. The average Bonchev–Trinajstić information content (AvgIpc) is 1.55. The van der Waals surface area contributed by atoms with Gasteiger partial charge in [0.25, 0.3) is 0 Å². The minimum absolute atomic E-state index is 0. The number of rotatable bonds is 15. The first-order valence-electron chi connectivity index (χ1n) is 30.9. The third-order valence-electron chi connectivity index (χ3n) is 16.4. The summed E-state index contributed by atoms with van der Waals surface area (Å²) in [6.45, 7) is 32.6. The van der Waals surface area contributed by atoms with Gasteiger partial charge in [-0.2, -0.15) is 0 Å². The van der Waals surface area contributed by atoms with Gasteiger partial charge in [-0.1, -0.05) is 95.2 Å². The Labute approximate surface area is 547 Å².